The molecular weight excluding hydrogens is 242 g/mol. The molecule has 0 aromatic carbocycles. The van der Waals surface area contributed by atoms with Crippen LogP contribution >= 0.6 is 0 Å². The maximum atomic E-state index is 6.09. The van der Waals surface area contributed by atoms with Crippen molar-refractivity contribution in [3.05, 3.63) is 5.69 Å². The lowest BCUT2D eigenvalue weighted by Crippen LogP contribution is -2.43. The lowest BCUT2D eigenvalue weighted by Gasteiger charge is -2.40. The topological polar surface area (TPSA) is 70.9 Å². The molecule has 3 rings (SSSR count). The molecule has 0 aliphatic heterocycles. The van der Waals surface area contributed by atoms with Gasteiger partial charge >= 0.3 is 0 Å². The number of nitrogen functional groups attached to an aromatic ring is 1. The minimum absolute atomic E-state index is 0.0709. The molecule has 0 radical (unpaired) electrons. The van der Waals surface area contributed by atoms with E-state index >= 15 is 0 Å². The molecule has 1 aliphatic rings. The van der Waals surface area contributed by atoms with E-state index in [1.807, 2.05) is 11.6 Å². The third kappa shape index (κ3) is 1.74. The van der Waals surface area contributed by atoms with Crippen LogP contribution in [-0.4, -0.2) is 32.0 Å². The van der Waals surface area contributed by atoms with E-state index in [4.69, 9.17) is 10.5 Å². The Bertz CT molecular complexity index is 603. The fraction of sp³-hybridized carbons (Fsp3) is 0.692. The minimum Gasteiger partial charge on any atom is -0.376 e. The molecule has 0 amide bonds. The molecule has 2 aromatic rings. The van der Waals surface area contributed by atoms with E-state index in [0.717, 1.165) is 42.8 Å². The van der Waals surface area contributed by atoms with Crippen molar-refractivity contribution < 1.29 is 4.74 Å². The molecule has 104 valence electrons. The summed E-state index contributed by atoms with van der Waals surface area (Å²) in [4.78, 5) is 4.46. The first-order valence-corrected chi connectivity index (χ1v) is 6.84. The summed E-state index contributed by atoms with van der Waals surface area (Å²) in [6.07, 6.45) is 3.39. The normalized spacial score (nSPS) is 17.8. The maximum Gasteiger partial charge on any atom is 0.202 e. The number of ether oxygens (including phenoxy) is 1. The molecular formula is C13H21N5O. The fourth-order valence-electron chi connectivity index (χ4n) is 2.90. The van der Waals surface area contributed by atoms with E-state index in [2.05, 4.69) is 21.6 Å². The first kappa shape index (κ1) is 12.5. The second-order valence-electron chi connectivity index (χ2n) is 5.37. The number of hydrogen-bond acceptors (Lipinski definition) is 4. The number of nitrogens with two attached hydrogens (primary N) is 1. The first-order chi connectivity index (χ1) is 9.10. The van der Waals surface area contributed by atoms with Crippen molar-refractivity contribution in [2.75, 3.05) is 12.8 Å². The Balaban J connectivity index is 2.09. The molecule has 6 heteroatoms. The van der Waals surface area contributed by atoms with Gasteiger partial charge in [-0.25, -0.2) is 9.67 Å². The van der Waals surface area contributed by atoms with Crippen LogP contribution in [0.25, 0.3) is 11.2 Å². The van der Waals surface area contributed by atoms with Gasteiger partial charge in [-0.3, -0.25) is 4.57 Å². The van der Waals surface area contributed by atoms with E-state index in [-0.39, 0.29) is 5.60 Å². The third-order valence-electron chi connectivity index (χ3n) is 4.27. The molecule has 0 spiro atoms. The smallest absolute Gasteiger partial charge is 0.202 e. The molecule has 2 N–H and O–H groups in total. The van der Waals surface area contributed by atoms with Gasteiger partial charge in [-0.15, -0.1) is 0 Å². The van der Waals surface area contributed by atoms with Crippen LogP contribution in [0.2, 0.25) is 0 Å². The van der Waals surface area contributed by atoms with Crippen LogP contribution in [0.5, 0.6) is 0 Å². The molecule has 0 saturated heterocycles. The van der Waals surface area contributed by atoms with Crippen molar-refractivity contribution in [3.8, 4) is 0 Å². The van der Waals surface area contributed by atoms with Gasteiger partial charge in [-0.05, 0) is 33.1 Å². The number of anilines is 1. The predicted molar refractivity (Wildman–Crippen MR) is 73.9 cm³/mol. The first-order valence-electron chi connectivity index (χ1n) is 6.84. The largest absolute Gasteiger partial charge is 0.376 e. The molecule has 0 bridgehead atoms. The summed E-state index contributed by atoms with van der Waals surface area (Å²) in [6.45, 7) is 5.63. The number of aryl methyl sites for hydroxylation is 2. The minimum atomic E-state index is -0.0709. The zero-order valence-electron chi connectivity index (χ0n) is 11.8. The summed E-state index contributed by atoms with van der Waals surface area (Å²) in [5.41, 5.74) is 8.87. The van der Waals surface area contributed by atoms with Crippen LogP contribution < -0.4 is 5.73 Å². The van der Waals surface area contributed by atoms with E-state index in [0.29, 0.717) is 5.95 Å². The summed E-state index contributed by atoms with van der Waals surface area (Å²) in [5.74, 6) is 0.557. The van der Waals surface area contributed by atoms with Gasteiger partial charge in [0.1, 0.15) is 5.52 Å². The summed E-state index contributed by atoms with van der Waals surface area (Å²) < 4.78 is 9.72. The number of fused-ring (bicyclic) bond motifs is 1. The highest BCUT2D eigenvalue weighted by molar-refractivity contribution is 5.77. The standard InChI is InChI=1S/C13H21N5O/c1-4-18-11-10(9(2)16-18)15-12(14)17(11)8-13(19-3)6-5-7-13/h4-8H2,1-3H3,(H2,14,15). The number of hydrogen-bond donors (Lipinski definition) is 1. The van der Waals surface area contributed by atoms with Crippen molar-refractivity contribution in [3.63, 3.8) is 0 Å². The SMILES string of the molecule is CCn1nc(C)c2nc(N)n(CC3(OC)CCC3)c21. The van der Waals surface area contributed by atoms with Gasteiger partial charge in [0.25, 0.3) is 0 Å². The average Bonchev–Trinajstić information content (AvgIpc) is 2.83. The number of nitrogens with zero attached hydrogens (tertiary/aromatic N) is 4. The molecule has 6 nitrogen and oxygen atoms in total. The van der Waals surface area contributed by atoms with Gasteiger partial charge in [-0.1, -0.05) is 0 Å². The molecule has 1 fully saturated rings. The number of imidazole rings is 1. The zero-order valence-corrected chi connectivity index (χ0v) is 11.8. The van der Waals surface area contributed by atoms with Crippen LogP contribution in [0.1, 0.15) is 31.9 Å². The number of methoxy groups -OCH3 is 1. The lowest BCUT2D eigenvalue weighted by molar-refractivity contribution is -0.0826. The van der Waals surface area contributed by atoms with Gasteiger partial charge in [-0.2, -0.15) is 5.10 Å². The maximum absolute atomic E-state index is 6.09. The Morgan fingerprint density at radius 3 is 2.68 bits per heavy atom. The summed E-state index contributed by atoms with van der Waals surface area (Å²) in [7, 11) is 1.78. The molecule has 2 aromatic heterocycles. The Morgan fingerprint density at radius 2 is 2.16 bits per heavy atom. The monoisotopic (exact) mass is 263 g/mol. The van der Waals surface area contributed by atoms with Crippen LogP contribution in [0.4, 0.5) is 5.95 Å². The van der Waals surface area contributed by atoms with E-state index < -0.39 is 0 Å². The van der Waals surface area contributed by atoms with Gasteiger partial charge in [0.2, 0.25) is 5.95 Å². The molecule has 1 saturated carbocycles. The van der Waals surface area contributed by atoms with Gasteiger partial charge in [0.15, 0.2) is 5.65 Å². The Kier molecular flexibility index (Phi) is 2.78. The van der Waals surface area contributed by atoms with E-state index in [1.165, 1.54) is 6.42 Å². The Morgan fingerprint density at radius 1 is 1.42 bits per heavy atom. The highest BCUT2D eigenvalue weighted by atomic mass is 16.5. The van der Waals surface area contributed by atoms with Crippen molar-refractivity contribution in [2.24, 2.45) is 0 Å². The average molecular weight is 263 g/mol. The second-order valence-corrected chi connectivity index (χ2v) is 5.37. The lowest BCUT2D eigenvalue weighted by atomic mass is 9.80. The van der Waals surface area contributed by atoms with Crippen LogP contribution in [0.15, 0.2) is 0 Å². The van der Waals surface area contributed by atoms with Crippen molar-refractivity contribution >= 4 is 17.1 Å². The molecule has 1 aliphatic carbocycles. The highest BCUT2D eigenvalue weighted by Crippen LogP contribution is 2.38. The number of aromatic nitrogens is 4. The van der Waals surface area contributed by atoms with Crippen molar-refractivity contribution in [1.82, 2.24) is 19.3 Å². The van der Waals surface area contributed by atoms with Crippen LogP contribution in [-0.2, 0) is 17.8 Å². The van der Waals surface area contributed by atoms with E-state index in [1.54, 1.807) is 7.11 Å². The quantitative estimate of drug-likeness (QED) is 0.911. The van der Waals surface area contributed by atoms with E-state index in [9.17, 15) is 0 Å². The summed E-state index contributed by atoms with van der Waals surface area (Å²) >= 11 is 0. The van der Waals surface area contributed by atoms with Gasteiger partial charge in [0.05, 0.1) is 17.8 Å². The second kappa shape index (κ2) is 4.23. The van der Waals surface area contributed by atoms with Gasteiger partial charge < -0.3 is 10.5 Å². The summed E-state index contributed by atoms with van der Waals surface area (Å²) in [5, 5.41) is 4.51. The Hall–Kier alpha value is -1.56. The Labute approximate surface area is 112 Å². The summed E-state index contributed by atoms with van der Waals surface area (Å²) in [6, 6.07) is 0. The highest BCUT2D eigenvalue weighted by Gasteiger charge is 2.38. The van der Waals surface area contributed by atoms with Crippen LogP contribution in [0.3, 0.4) is 0 Å². The predicted octanol–water partition coefficient (Wildman–Crippen LogP) is 1.71. The molecule has 0 atom stereocenters. The zero-order chi connectivity index (χ0) is 13.6. The number of rotatable bonds is 4. The molecule has 0 unspecified atom stereocenters. The molecule has 19 heavy (non-hydrogen) atoms. The van der Waals surface area contributed by atoms with Gasteiger partial charge in [0, 0.05) is 13.7 Å². The third-order valence-corrected chi connectivity index (χ3v) is 4.27. The molecule has 2 heterocycles. The van der Waals surface area contributed by atoms with Crippen molar-refractivity contribution in [1.29, 1.82) is 0 Å². The fourth-order valence-corrected chi connectivity index (χ4v) is 2.90. The van der Waals surface area contributed by atoms with Crippen molar-refractivity contribution in [2.45, 2.75) is 51.8 Å². The van der Waals surface area contributed by atoms with Crippen LogP contribution in [0, 0.1) is 6.92 Å².